The minimum atomic E-state index is -1.02. The summed E-state index contributed by atoms with van der Waals surface area (Å²) in [4.78, 5) is 0. The quantitative estimate of drug-likeness (QED) is 0.491. The Morgan fingerprint density at radius 2 is 1.93 bits per heavy atom. The van der Waals surface area contributed by atoms with Crippen LogP contribution in [0.2, 0.25) is 0 Å². The van der Waals surface area contributed by atoms with Crippen molar-refractivity contribution in [2.75, 3.05) is 0 Å². The van der Waals surface area contributed by atoms with Gasteiger partial charge in [-0.1, -0.05) is 11.6 Å². The van der Waals surface area contributed by atoms with Crippen LogP contribution in [0.5, 0.6) is 0 Å². The highest BCUT2D eigenvalue weighted by molar-refractivity contribution is 6.76. The molecule has 0 amide bonds. The van der Waals surface area contributed by atoms with Gasteiger partial charge in [0.2, 0.25) is 0 Å². The maximum atomic E-state index is 9.79. The van der Waals surface area contributed by atoms with Crippen LogP contribution in [0.1, 0.15) is 27.7 Å². The van der Waals surface area contributed by atoms with Crippen LogP contribution in [0, 0.1) is 5.41 Å². The summed E-state index contributed by atoms with van der Waals surface area (Å²) in [5, 5.41) is 16.7. The molecule has 0 saturated carbocycles. The monoisotopic (exact) mass is 231 g/mol. The van der Waals surface area contributed by atoms with Crippen molar-refractivity contribution in [3.05, 3.63) is 11.7 Å². The molecule has 0 heterocycles. The average Bonchev–Trinajstić information content (AvgIpc) is 2.02. The van der Waals surface area contributed by atoms with Crippen molar-refractivity contribution >= 4 is 24.3 Å². The first-order valence-corrected chi connectivity index (χ1v) is 4.89. The SMILES string of the molecule is CC(C)(O)C(C)(C)O[B]/C(=C/N)C(=N)Cl. The van der Waals surface area contributed by atoms with E-state index in [1.165, 1.54) is 13.7 Å². The van der Waals surface area contributed by atoms with Gasteiger partial charge in [0.15, 0.2) is 0 Å². The molecule has 0 rings (SSSR count). The van der Waals surface area contributed by atoms with Crippen molar-refractivity contribution in [3.8, 4) is 0 Å². The highest BCUT2D eigenvalue weighted by Gasteiger charge is 2.36. The maximum Gasteiger partial charge on any atom is 0.335 e. The first kappa shape index (κ1) is 14.5. The predicted molar refractivity (Wildman–Crippen MR) is 63.1 cm³/mol. The molecule has 0 aromatic heterocycles. The van der Waals surface area contributed by atoms with Gasteiger partial charge in [0.25, 0.3) is 0 Å². The lowest BCUT2D eigenvalue weighted by Crippen LogP contribution is -2.48. The van der Waals surface area contributed by atoms with Crippen LogP contribution in [-0.2, 0) is 4.65 Å². The molecular weight excluding hydrogens is 214 g/mol. The zero-order valence-corrected chi connectivity index (χ0v) is 10.2. The maximum absolute atomic E-state index is 9.79. The van der Waals surface area contributed by atoms with E-state index in [0.29, 0.717) is 0 Å². The Morgan fingerprint density at radius 1 is 1.47 bits per heavy atom. The first-order chi connectivity index (χ1) is 6.62. The van der Waals surface area contributed by atoms with E-state index in [2.05, 4.69) is 0 Å². The normalized spacial score (nSPS) is 13.9. The van der Waals surface area contributed by atoms with Crippen LogP contribution in [0.15, 0.2) is 11.7 Å². The van der Waals surface area contributed by atoms with Crippen molar-refractivity contribution in [1.29, 1.82) is 5.41 Å². The third-order valence-electron chi connectivity index (χ3n) is 2.39. The van der Waals surface area contributed by atoms with E-state index >= 15 is 0 Å². The van der Waals surface area contributed by atoms with Gasteiger partial charge in [0, 0.05) is 0 Å². The average molecular weight is 232 g/mol. The summed E-state index contributed by atoms with van der Waals surface area (Å²) in [5.74, 6) is 0. The second-order valence-corrected chi connectivity index (χ2v) is 4.62. The fraction of sp³-hybridized carbons (Fsp3) is 0.667. The summed E-state index contributed by atoms with van der Waals surface area (Å²) in [7, 11) is 1.27. The smallest absolute Gasteiger partial charge is 0.335 e. The number of hydrogen-bond acceptors (Lipinski definition) is 4. The molecule has 0 bridgehead atoms. The molecule has 0 aromatic carbocycles. The van der Waals surface area contributed by atoms with Gasteiger partial charge in [-0.3, -0.25) is 5.41 Å². The molecule has 0 aliphatic carbocycles. The molecule has 4 nitrogen and oxygen atoms in total. The molecule has 0 aliphatic rings. The van der Waals surface area contributed by atoms with Crippen molar-refractivity contribution in [2.45, 2.75) is 38.9 Å². The minimum Gasteiger partial charge on any atom is -0.426 e. The molecule has 4 N–H and O–H groups in total. The van der Waals surface area contributed by atoms with Crippen LogP contribution in [0.25, 0.3) is 0 Å². The van der Waals surface area contributed by atoms with Crippen LogP contribution in [0.3, 0.4) is 0 Å². The first-order valence-electron chi connectivity index (χ1n) is 4.51. The third-order valence-corrected chi connectivity index (χ3v) is 2.61. The summed E-state index contributed by atoms with van der Waals surface area (Å²) >= 11 is 5.45. The summed E-state index contributed by atoms with van der Waals surface area (Å²) in [6.07, 6.45) is 1.18. The summed E-state index contributed by atoms with van der Waals surface area (Å²) < 4.78 is 5.36. The number of rotatable bonds is 5. The molecule has 15 heavy (non-hydrogen) atoms. The lowest BCUT2D eigenvalue weighted by molar-refractivity contribution is -0.0895. The van der Waals surface area contributed by atoms with Gasteiger partial charge in [0.1, 0.15) is 5.17 Å². The van der Waals surface area contributed by atoms with E-state index in [1.54, 1.807) is 27.7 Å². The topological polar surface area (TPSA) is 79.3 Å². The van der Waals surface area contributed by atoms with Crippen LogP contribution >= 0.6 is 11.6 Å². The van der Waals surface area contributed by atoms with E-state index in [-0.39, 0.29) is 10.6 Å². The zero-order chi connectivity index (χ0) is 12.3. The molecule has 85 valence electrons. The second kappa shape index (κ2) is 5.01. The Morgan fingerprint density at radius 3 is 2.20 bits per heavy atom. The number of halogens is 1. The van der Waals surface area contributed by atoms with E-state index in [0.717, 1.165) is 0 Å². The highest BCUT2D eigenvalue weighted by atomic mass is 35.5. The van der Waals surface area contributed by atoms with E-state index in [4.69, 9.17) is 27.4 Å². The molecule has 6 heteroatoms. The Kier molecular flexibility index (Phi) is 4.84. The molecule has 0 aromatic rings. The standard InChI is InChI=1S/C9H17BClN2O2/c1-8(2,14)9(3,4)15-10-6(5-12)7(11)13/h5,13-14H,12H2,1-4H3/b6-5+,13-7?. The summed E-state index contributed by atoms with van der Waals surface area (Å²) in [6.45, 7) is 6.74. The zero-order valence-electron chi connectivity index (χ0n) is 9.47. The summed E-state index contributed by atoms with van der Waals surface area (Å²) in [6, 6.07) is 0. The molecule has 0 atom stereocenters. The van der Waals surface area contributed by atoms with Crippen molar-refractivity contribution in [1.82, 2.24) is 0 Å². The predicted octanol–water partition coefficient (Wildman–Crippen LogP) is 1.19. The van der Waals surface area contributed by atoms with Crippen LogP contribution in [0.4, 0.5) is 0 Å². The van der Waals surface area contributed by atoms with Gasteiger partial charge in [0.05, 0.1) is 11.2 Å². The van der Waals surface area contributed by atoms with Gasteiger partial charge in [-0.25, -0.2) is 0 Å². The number of aliphatic hydroxyl groups is 1. The molecule has 0 unspecified atom stereocenters. The van der Waals surface area contributed by atoms with Gasteiger partial charge >= 0.3 is 7.48 Å². The number of nitrogens with two attached hydrogens (primary N) is 1. The Balaban J connectivity index is 4.46. The van der Waals surface area contributed by atoms with E-state index < -0.39 is 11.2 Å². The Bertz CT molecular complexity index is 272. The number of allylic oxidation sites excluding steroid dienone is 1. The molecule has 0 fully saturated rings. The number of nitrogens with one attached hydrogen (secondary N) is 1. The largest absolute Gasteiger partial charge is 0.426 e. The molecule has 0 saturated heterocycles. The van der Waals surface area contributed by atoms with Gasteiger partial charge in [-0.2, -0.15) is 0 Å². The van der Waals surface area contributed by atoms with Crippen molar-refractivity contribution in [3.63, 3.8) is 0 Å². The molecular formula is C9H17BClN2O2. The molecule has 1 radical (unpaired) electrons. The fourth-order valence-corrected chi connectivity index (χ4v) is 0.627. The van der Waals surface area contributed by atoms with E-state index in [9.17, 15) is 5.11 Å². The Hall–Kier alpha value is -0.515. The lowest BCUT2D eigenvalue weighted by atomic mass is 9.83. The third kappa shape index (κ3) is 4.24. The van der Waals surface area contributed by atoms with Crippen molar-refractivity contribution < 1.29 is 9.76 Å². The van der Waals surface area contributed by atoms with Gasteiger partial charge in [-0.15, -0.1) is 0 Å². The van der Waals surface area contributed by atoms with Gasteiger partial charge < -0.3 is 15.5 Å². The second-order valence-electron chi connectivity index (χ2n) is 4.24. The Labute approximate surface area is 96.2 Å². The lowest BCUT2D eigenvalue weighted by Gasteiger charge is -2.37. The highest BCUT2D eigenvalue weighted by Crippen LogP contribution is 2.24. The fourth-order valence-electron chi connectivity index (χ4n) is 0.519. The number of hydrogen-bond donors (Lipinski definition) is 3. The van der Waals surface area contributed by atoms with Gasteiger partial charge in [-0.05, 0) is 39.4 Å². The van der Waals surface area contributed by atoms with Crippen LogP contribution in [-0.4, -0.2) is 29.0 Å². The van der Waals surface area contributed by atoms with E-state index in [1.807, 2.05) is 0 Å². The van der Waals surface area contributed by atoms with Crippen molar-refractivity contribution in [2.24, 2.45) is 5.73 Å². The molecule has 0 spiro atoms. The van der Waals surface area contributed by atoms with Crippen LogP contribution < -0.4 is 5.73 Å². The minimum absolute atomic E-state index is 0.205. The summed E-state index contributed by atoms with van der Waals surface area (Å²) in [5.41, 5.74) is 3.71. The molecule has 0 aliphatic heterocycles.